The molecule has 0 bridgehead atoms. The molecular formula is C13H20N2OS. The van der Waals surface area contributed by atoms with Crippen LogP contribution in [0, 0.1) is 16.7 Å². The molecule has 0 aromatic heterocycles. The Bertz CT molecular complexity index is 310. The highest BCUT2D eigenvalue weighted by Crippen LogP contribution is 2.37. The molecular weight excluding hydrogens is 232 g/mol. The molecule has 0 N–H and O–H groups in total. The lowest BCUT2D eigenvalue weighted by atomic mass is 9.74. The number of amides is 1. The molecule has 2 fully saturated rings. The molecule has 1 aliphatic heterocycles. The number of thioether (sulfide) groups is 1. The Hall–Kier alpha value is -0.690. The molecule has 0 aromatic carbocycles. The summed E-state index contributed by atoms with van der Waals surface area (Å²) in [6, 6.07) is 2.34. The van der Waals surface area contributed by atoms with Gasteiger partial charge in [-0.3, -0.25) is 4.79 Å². The third kappa shape index (κ3) is 2.77. The maximum atomic E-state index is 12.6. The van der Waals surface area contributed by atoms with Crippen molar-refractivity contribution in [3.63, 3.8) is 0 Å². The second-order valence-electron chi connectivity index (χ2n) is 5.01. The van der Waals surface area contributed by atoms with Gasteiger partial charge in [0, 0.05) is 18.8 Å². The molecule has 4 heteroatoms. The van der Waals surface area contributed by atoms with Gasteiger partial charge in [0.1, 0.15) is 5.41 Å². The van der Waals surface area contributed by atoms with Crippen LogP contribution in [0.1, 0.15) is 38.5 Å². The molecule has 0 atom stereocenters. The molecule has 1 amide bonds. The quantitative estimate of drug-likeness (QED) is 0.720. The van der Waals surface area contributed by atoms with E-state index in [1.807, 2.05) is 16.7 Å². The van der Waals surface area contributed by atoms with E-state index in [2.05, 4.69) is 6.07 Å². The number of rotatable bonds is 1. The molecule has 0 spiro atoms. The third-order valence-corrected chi connectivity index (χ3v) is 4.89. The third-order valence-electron chi connectivity index (χ3n) is 3.84. The number of hydrogen-bond acceptors (Lipinski definition) is 3. The van der Waals surface area contributed by atoms with E-state index < -0.39 is 5.41 Å². The summed E-state index contributed by atoms with van der Waals surface area (Å²) in [7, 11) is 0. The van der Waals surface area contributed by atoms with E-state index in [0.717, 1.165) is 56.7 Å². The van der Waals surface area contributed by atoms with Crippen molar-refractivity contribution in [3.05, 3.63) is 0 Å². The first-order valence-corrected chi connectivity index (χ1v) is 7.72. The van der Waals surface area contributed by atoms with Gasteiger partial charge in [-0.05, 0) is 25.0 Å². The van der Waals surface area contributed by atoms with Gasteiger partial charge in [0.05, 0.1) is 6.07 Å². The van der Waals surface area contributed by atoms with Gasteiger partial charge < -0.3 is 4.90 Å². The van der Waals surface area contributed by atoms with Crippen LogP contribution < -0.4 is 0 Å². The summed E-state index contributed by atoms with van der Waals surface area (Å²) >= 11 is 1.91. The Morgan fingerprint density at radius 1 is 1.12 bits per heavy atom. The van der Waals surface area contributed by atoms with Gasteiger partial charge in [0.2, 0.25) is 5.91 Å². The van der Waals surface area contributed by atoms with Crippen molar-refractivity contribution >= 4 is 17.7 Å². The molecule has 2 aliphatic rings. The largest absolute Gasteiger partial charge is 0.340 e. The van der Waals surface area contributed by atoms with E-state index in [4.69, 9.17) is 0 Å². The molecule has 94 valence electrons. The van der Waals surface area contributed by atoms with Crippen LogP contribution in [0.4, 0.5) is 0 Å². The van der Waals surface area contributed by atoms with E-state index in [1.54, 1.807) is 0 Å². The summed E-state index contributed by atoms with van der Waals surface area (Å²) in [5.74, 6) is 2.28. The van der Waals surface area contributed by atoms with Crippen molar-refractivity contribution in [1.29, 1.82) is 5.26 Å². The molecule has 2 rings (SSSR count). The first kappa shape index (κ1) is 12.8. The van der Waals surface area contributed by atoms with Gasteiger partial charge in [-0.15, -0.1) is 0 Å². The minimum Gasteiger partial charge on any atom is -0.340 e. The first-order valence-electron chi connectivity index (χ1n) is 6.57. The first-order chi connectivity index (χ1) is 8.28. The highest BCUT2D eigenvalue weighted by atomic mass is 32.2. The van der Waals surface area contributed by atoms with Crippen LogP contribution in [0.5, 0.6) is 0 Å². The summed E-state index contributed by atoms with van der Waals surface area (Å²) in [4.78, 5) is 14.5. The topological polar surface area (TPSA) is 44.1 Å². The molecule has 1 heterocycles. The minimum absolute atomic E-state index is 0.113. The summed E-state index contributed by atoms with van der Waals surface area (Å²) in [5.41, 5.74) is -0.687. The van der Waals surface area contributed by atoms with Crippen molar-refractivity contribution in [3.8, 4) is 6.07 Å². The summed E-state index contributed by atoms with van der Waals surface area (Å²) < 4.78 is 0. The van der Waals surface area contributed by atoms with Gasteiger partial charge in [0.25, 0.3) is 0 Å². The maximum absolute atomic E-state index is 12.6. The van der Waals surface area contributed by atoms with E-state index >= 15 is 0 Å². The highest BCUT2D eigenvalue weighted by molar-refractivity contribution is 7.99. The van der Waals surface area contributed by atoms with Crippen LogP contribution in [0.25, 0.3) is 0 Å². The fourth-order valence-electron chi connectivity index (χ4n) is 2.78. The average molecular weight is 252 g/mol. The van der Waals surface area contributed by atoms with Gasteiger partial charge in [-0.1, -0.05) is 19.3 Å². The van der Waals surface area contributed by atoms with Gasteiger partial charge in [0.15, 0.2) is 0 Å². The molecule has 0 radical (unpaired) electrons. The monoisotopic (exact) mass is 252 g/mol. The fourth-order valence-corrected chi connectivity index (χ4v) is 3.67. The Balaban J connectivity index is 2.07. The van der Waals surface area contributed by atoms with Crippen molar-refractivity contribution in [1.82, 2.24) is 4.90 Å². The van der Waals surface area contributed by atoms with Crippen LogP contribution in [-0.2, 0) is 4.79 Å². The minimum atomic E-state index is -0.687. The number of carbonyl (C=O) groups is 1. The zero-order chi connectivity index (χ0) is 12.1. The second-order valence-corrected chi connectivity index (χ2v) is 6.24. The van der Waals surface area contributed by atoms with Crippen molar-refractivity contribution < 1.29 is 4.79 Å². The normalized spacial score (nSPS) is 24.8. The molecule has 3 nitrogen and oxygen atoms in total. The maximum Gasteiger partial charge on any atom is 0.243 e. The predicted molar refractivity (Wildman–Crippen MR) is 69.7 cm³/mol. The van der Waals surface area contributed by atoms with Crippen LogP contribution >= 0.6 is 11.8 Å². The lowest BCUT2D eigenvalue weighted by Crippen LogP contribution is -2.45. The Kier molecular flexibility index (Phi) is 4.33. The zero-order valence-corrected chi connectivity index (χ0v) is 11.1. The smallest absolute Gasteiger partial charge is 0.243 e. The lowest BCUT2D eigenvalue weighted by Gasteiger charge is -2.34. The molecule has 0 unspecified atom stereocenters. The van der Waals surface area contributed by atoms with Gasteiger partial charge in [-0.25, -0.2) is 0 Å². The van der Waals surface area contributed by atoms with Crippen LogP contribution in [0.2, 0.25) is 0 Å². The van der Waals surface area contributed by atoms with E-state index in [9.17, 15) is 10.1 Å². The van der Waals surface area contributed by atoms with Crippen LogP contribution in [0.3, 0.4) is 0 Å². The number of hydrogen-bond donors (Lipinski definition) is 0. The molecule has 17 heavy (non-hydrogen) atoms. The zero-order valence-electron chi connectivity index (χ0n) is 10.3. The van der Waals surface area contributed by atoms with Gasteiger partial charge >= 0.3 is 0 Å². The predicted octanol–water partition coefficient (Wildman–Crippen LogP) is 2.43. The molecule has 1 aliphatic carbocycles. The second kappa shape index (κ2) is 5.77. The Morgan fingerprint density at radius 2 is 1.88 bits per heavy atom. The number of carbonyl (C=O) groups excluding carboxylic acids is 1. The van der Waals surface area contributed by atoms with E-state index in [1.165, 1.54) is 6.42 Å². The molecule has 1 saturated heterocycles. The highest BCUT2D eigenvalue weighted by Gasteiger charge is 2.42. The SMILES string of the molecule is N#CC1(C(=O)N2CCCSCC2)CCCCC1. The summed E-state index contributed by atoms with van der Waals surface area (Å²) in [6.07, 6.45) is 5.84. The average Bonchev–Trinajstić information content (AvgIpc) is 2.67. The molecule has 1 saturated carbocycles. The summed E-state index contributed by atoms with van der Waals surface area (Å²) in [5, 5.41) is 9.41. The standard InChI is InChI=1S/C13H20N2OS/c14-11-13(5-2-1-3-6-13)12(16)15-7-4-9-17-10-8-15/h1-10H2. The molecule has 0 aromatic rings. The van der Waals surface area contributed by atoms with E-state index in [0.29, 0.717) is 0 Å². The number of nitriles is 1. The van der Waals surface area contributed by atoms with Crippen molar-refractivity contribution in [2.24, 2.45) is 5.41 Å². The van der Waals surface area contributed by atoms with Gasteiger partial charge in [-0.2, -0.15) is 17.0 Å². The van der Waals surface area contributed by atoms with Crippen molar-refractivity contribution in [2.45, 2.75) is 38.5 Å². The van der Waals surface area contributed by atoms with Crippen molar-refractivity contribution in [2.75, 3.05) is 24.6 Å². The number of nitrogens with zero attached hydrogens (tertiary/aromatic N) is 2. The Labute approximate surface area is 108 Å². The summed E-state index contributed by atoms with van der Waals surface area (Å²) in [6.45, 7) is 1.67. The van der Waals surface area contributed by atoms with Crippen LogP contribution in [0.15, 0.2) is 0 Å². The van der Waals surface area contributed by atoms with E-state index in [-0.39, 0.29) is 5.91 Å². The lowest BCUT2D eigenvalue weighted by molar-refractivity contribution is -0.140. The Morgan fingerprint density at radius 3 is 2.59 bits per heavy atom. The van der Waals surface area contributed by atoms with Crippen LogP contribution in [-0.4, -0.2) is 35.4 Å². The fraction of sp³-hybridized carbons (Fsp3) is 0.846.